The van der Waals surface area contributed by atoms with Gasteiger partial charge in [0, 0.05) is 13.2 Å². The molecule has 0 aromatic heterocycles. The predicted molar refractivity (Wildman–Crippen MR) is 96.9 cm³/mol. The molecule has 3 fully saturated rings. The second kappa shape index (κ2) is 5.86. The smallest absolute Gasteiger partial charge is 0.399 e. The molecule has 4 rings (SSSR count). The van der Waals surface area contributed by atoms with E-state index in [2.05, 4.69) is 45.9 Å². The summed E-state index contributed by atoms with van der Waals surface area (Å²) in [4.78, 5) is 0. The molecule has 0 radical (unpaired) electrons. The first-order valence-electron chi connectivity index (χ1n) is 9.44. The van der Waals surface area contributed by atoms with Crippen molar-refractivity contribution >= 4 is 12.6 Å². The monoisotopic (exact) mass is 328 g/mol. The van der Waals surface area contributed by atoms with Crippen molar-refractivity contribution in [2.24, 2.45) is 0 Å². The third-order valence-electron chi connectivity index (χ3n) is 6.33. The first-order valence-corrected chi connectivity index (χ1v) is 9.44. The third-order valence-corrected chi connectivity index (χ3v) is 6.33. The molecule has 1 aromatic rings. The highest BCUT2D eigenvalue weighted by atomic mass is 16.7. The Bertz CT molecular complexity index is 599. The van der Waals surface area contributed by atoms with Crippen LogP contribution in [0.5, 0.6) is 0 Å². The molecule has 0 N–H and O–H groups in total. The number of rotatable bonds is 3. The van der Waals surface area contributed by atoms with Gasteiger partial charge < -0.3 is 14.0 Å². The minimum Gasteiger partial charge on any atom is -0.399 e. The largest absolute Gasteiger partial charge is 0.495 e. The molecule has 130 valence electrons. The van der Waals surface area contributed by atoms with Gasteiger partial charge in [-0.15, -0.1) is 0 Å². The standard InChI is InChI=1S/C20H29BO3/c1-19(2)20(3,4)24-21(23-19)18-13-16(14-5-6-14)7-8-17(18)15-9-11-22-12-10-15/h7-8,13-15H,5-6,9-12H2,1-4H3. The number of benzene rings is 1. The average Bonchev–Trinajstić information content (AvgIpc) is 3.36. The van der Waals surface area contributed by atoms with Crippen molar-refractivity contribution in [1.82, 2.24) is 0 Å². The van der Waals surface area contributed by atoms with E-state index < -0.39 is 0 Å². The van der Waals surface area contributed by atoms with Crippen LogP contribution in [0.15, 0.2) is 18.2 Å². The molecule has 1 aliphatic carbocycles. The second-order valence-electron chi connectivity index (χ2n) is 8.64. The number of hydrogen-bond donors (Lipinski definition) is 0. The van der Waals surface area contributed by atoms with Gasteiger partial charge in [0.1, 0.15) is 0 Å². The van der Waals surface area contributed by atoms with Crippen molar-refractivity contribution in [3.63, 3.8) is 0 Å². The molecule has 3 aliphatic rings. The van der Waals surface area contributed by atoms with Crippen LogP contribution in [-0.4, -0.2) is 31.5 Å². The summed E-state index contributed by atoms with van der Waals surface area (Å²) in [6.07, 6.45) is 4.82. The first kappa shape index (κ1) is 16.6. The lowest BCUT2D eigenvalue weighted by Crippen LogP contribution is -2.41. The quantitative estimate of drug-likeness (QED) is 0.791. The molecule has 1 saturated carbocycles. The van der Waals surface area contributed by atoms with E-state index in [9.17, 15) is 0 Å². The molecular weight excluding hydrogens is 299 g/mol. The Morgan fingerprint density at radius 2 is 1.50 bits per heavy atom. The Morgan fingerprint density at radius 1 is 0.875 bits per heavy atom. The van der Waals surface area contributed by atoms with E-state index in [1.807, 2.05) is 0 Å². The molecule has 0 spiro atoms. The van der Waals surface area contributed by atoms with Crippen LogP contribution in [0.3, 0.4) is 0 Å². The summed E-state index contributed by atoms with van der Waals surface area (Å²) in [7, 11) is -0.258. The minimum atomic E-state index is -0.291. The summed E-state index contributed by atoms with van der Waals surface area (Å²) in [5.41, 5.74) is 3.53. The molecular formula is C20H29BO3. The first-order chi connectivity index (χ1) is 11.4. The minimum absolute atomic E-state index is 0.258. The lowest BCUT2D eigenvalue weighted by Gasteiger charge is -2.32. The van der Waals surface area contributed by atoms with Gasteiger partial charge in [0.25, 0.3) is 0 Å². The Kier molecular flexibility index (Phi) is 4.06. The maximum absolute atomic E-state index is 6.38. The maximum Gasteiger partial charge on any atom is 0.495 e. The van der Waals surface area contributed by atoms with Crippen LogP contribution in [0.25, 0.3) is 0 Å². The van der Waals surface area contributed by atoms with Gasteiger partial charge in [0.15, 0.2) is 0 Å². The molecule has 4 heteroatoms. The van der Waals surface area contributed by atoms with E-state index >= 15 is 0 Å². The van der Waals surface area contributed by atoms with Crippen LogP contribution < -0.4 is 5.46 Å². The lowest BCUT2D eigenvalue weighted by atomic mass is 9.71. The average molecular weight is 328 g/mol. The maximum atomic E-state index is 6.38. The summed E-state index contributed by atoms with van der Waals surface area (Å²) < 4.78 is 18.3. The zero-order valence-electron chi connectivity index (χ0n) is 15.4. The molecule has 0 bridgehead atoms. The zero-order chi connectivity index (χ0) is 16.9. The van der Waals surface area contributed by atoms with E-state index in [0.29, 0.717) is 5.92 Å². The van der Waals surface area contributed by atoms with Crippen LogP contribution in [0.2, 0.25) is 0 Å². The molecule has 2 aliphatic heterocycles. The van der Waals surface area contributed by atoms with Gasteiger partial charge >= 0.3 is 7.12 Å². The van der Waals surface area contributed by atoms with E-state index in [1.165, 1.54) is 29.4 Å². The topological polar surface area (TPSA) is 27.7 Å². The molecule has 2 saturated heterocycles. The Labute approximate surface area is 146 Å². The molecule has 3 nitrogen and oxygen atoms in total. The Hall–Kier alpha value is -0.835. The summed E-state index contributed by atoms with van der Waals surface area (Å²) in [5, 5.41) is 0. The van der Waals surface area contributed by atoms with Gasteiger partial charge in [-0.3, -0.25) is 0 Å². The Morgan fingerprint density at radius 3 is 2.08 bits per heavy atom. The van der Waals surface area contributed by atoms with E-state index in [-0.39, 0.29) is 18.3 Å². The van der Waals surface area contributed by atoms with E-state index in [0.717, 1.165) is 32.0 Å². The van der Waals surface area contributed by atoms with Crippen molar-refractivity contribution in [2.75, 3.05) is 13.2 Å². The molecule has 24 heavy (non-hydrogen) atoms. The van der Waals surface area contributed by atoms with Crippen molar-refractivity contribution in [3.8, 4) is 0 Å². The fourth-order valence-corrected chi connectivity index (χ4v) is 3.82. The Balaban J connectivity index is 1.70. The van der Waals surface area contributed by atoms with Crippen LogP contribution in [0.1, 0.15) is 76.3 Å². The molecule has 0 unspecified atom stereocenters. The molecule has 1 aromatic carbocycles. The van der Waals surface area contributed by atoms with Crippen LogP contribution in [0, 0.1) is 0 Å². The number of hydrogen-bond acceptors (Lipinski definition) is 3. The normalized spacial score (nSPS) is 26.8. The van der Waals surface area contributed by atoms with Crippen LogP contribution in [-0.2, 0) is 14.0 Å². The van der Waals surface area contributed by atoms with E-state index in [4.69, 9.17) is 14.0 Å². The summed E-state index contributed by atoms with van der Waals surface area (Å²) in [5.74, 6) is 1.30. The SMILES string of the molecule is CC1(C)OB(c2cc(C3CC3)ccc2C2CCOCC2)OC1(C)C. The molecule has 2 heterocycles. The highest BCUT2D eigenvalue weighted by molar-refractivity contribution is 6.62. The summed E-state index contributed by atoms with van der Waals surface area (Å²) >= 11 is 0. The van der Waals surface area contributed by atoms with Crippen LogP contribution in [0.4, 0.5) is 0 Å². The fraction of sp³-hybridized carbons (Fsp3) is 0.700. The highest BCUT2D eigenvalue weighted by Gasteiger charge is 2.52. The summed E-state index contributed by atoms with van der Waals surface area (Å²) in [6.45, 7) is 10.2. The van der Waals surface area contributed by atoms with E-state index in [1.54, 1.807) is 0 Å². The zero-order valence-corrected chi connectivity index (χ0v) is 15.4. The predicted octanol–water partition coefficient (Wildman–Crippen LogP) is 3.76. The highest BCUT2D eigenvalue weighted by Crippen LogP contribution is 2.42. The molecule has 0 atom stereocenters. The van der Waals surface area contributed by atoms with Crippen molar-refractivity contribution in [2.45, 2.75) is 76.4 Å². The van der Waals surface area contributed by atoms with Gasteiger partial charge in [-0.2, -0.15) is 0 Å². The van der Waals surface area contributed by atoms with Crippen LogP contribution >= 0.6 is 0 Å². The summed E-state index contributed by atoms with van der Waals surface area (Å²) in [6, 6.07) is 7.03. The number of ether oxygens (including phenoxy) is 1. The fourth-order valence-electron chi connectivity index (χ4n) is 3.82. The van der Waals surface area contributed by atoms with Gasteiger partial charge in [-0.05, 0) is 81.8 Å². The van der Waals surface area contributed by atoms with Crippen molar-refractivity contribution in [1.29, 1.82) is 0 Å². The van der Waals surface area contributed by atoms with Crippen molar-refractivity contribution < 1.29 is 14.0 Å². The van der Waals surface area contributed by atoms with Gasteiger partial charge in [-0.1, -0.05) is 18.2 Å². The lowest BCUT2D eigenvalue weighted by molar-refractivity contribution is 0.00578. The van der Waals surface area contributed by atoms with Gasteiger partial charge in [-0.25, -0.2) is 0 Å². The van der Waals surface area contributed by atoms with Gasteiger partial charge in [0.2, 0.25) is 0 Å². The second-order valence-corrected chi connectivity index (χ2v) is 8.64. The third kappa shape index (κ3) is 2.93. The van der Waals surface area contributed by atoms with Crippen molar-refractivity contribution in [3.05, 3.63) is 29.3 Å². The van der Waals surface area contributed by atoms with Gasteiger partial charge in [0.05, 0.1) is 11.2 Å². The molecule has 0 amide bonds.